The van der Waals surface area contributed by atoms with E-state index in [1.165, 1.54) is 0 Å². The molecule has 0 spiro atoms. The van der Waals surface area contributed by atoms with Crippen molar-refractivity contribution in [3.63, 3.8) is 0 Å². The minimum Gasteiger partial charge on any atom is -0.449 e. The van der Waals surface area contributed by atoms with E-state index in [0.717, 1.165) is 24.6 Å². The van der Waals surface area contributed by atoms with Crippen LogP contribution in [-0.4, -0.2) is 34.9 Å². The molecule has 2 aromatic rings. The van der Waals surface area contributed by atoms with E-state index >= 15 is 0 Å². The van der Waals surface area contributed by atoms with Gasteiger partial charge in [0, 0.05) is 5.39 Å². The van der Waals surface area contributed by atoms with Crippen LogP contribution in [0.1, 0.15) is 40.0 Å². The van der Waals surface area contributed by atoms with Crippen LogP contribution in [-0.2, 0) is 9.47 Å². The molecule has 140 valence electrons. The maximum absolute atomic E-state index is 11.9. The van der Waals surface area contributed by atoms with Gasteiger partial charge in [0.05, 0.1) is 6.61 Å². The number of fused-ring (bicyclic) bond motifs is 1. The smallest absolute Gasteiger partial charge is 0.413 e. The van der Waals surface area contributed by atoms with Crippen molar-refractivity contribution in [3.05, 3.63) is 24.3 Å². The van der Waals surface area contributed by atoms with Crippen LogP contribution in [0.4, 0.5) is 21.2 Å². The lowest BCUT2D eigenvalue weighted by molar-refractivity contribution is 0.115. The third kappa shape index (κ3) is 5.87. The summed E-state index contributed by atoms with van der Waals surface area (Å²) >= 11 is 0. The number of carbonyl (C=O) groups is 2. The third-order valence-corrected chi connectivity index (χ3v) is 3.45. The summed E-state index contributed by atoms with van der Waals surface area (Å²) in [5.74, 6) is 0.645. The molecule has 8 nitrogen and oxygen atoms in total. The summed E-state index contributed by atoms with van der Waals surface area (Å²) in [6, 6.07) is 6.87. The van der Waals surface area contributed by atoms with Crippen LogP contribution < -0.4 is 10.6 Å². The van der Waals surface area contributed by atoms with Crippen LogP contribution in [0.25, 0.3) is 11.0 Å². The van der Waals surface area contributed by atoms with E-state index in [2.05, 4.69) is 20.6 Å². The van der Waals surface area contributed by atoms with Crippen molar-refractivity contribution in [2.24, 2.45) is 0 Å². The van der Waals surface area contributed by atoms with Crippen molar-refractivity contribution in [1.82, 2.24) is 9.97 Å². The fourth-order valence-corrected chi connectivity index (χ4v) is 2.26. The highest BCUT2D eigenvalue weighted by atomic mass is 16.6. The number of anilines is 2. The largest absolute Gasteiger partial charge is 0.449 e. The van der Waals surface area contributed by atoms with E-state index in [1.54, 1.807) is 24.3 Å². The SMILES string of the molecule is CCCOC(=O)Nc1ccc2ccc(NC(=O)OC(C)CCC)nc2n1. The molecule has 1 atom stereocenters. The van der Waals surface area contributed by atoms with Gasteiger partial charge in [0.1, 0.15) is 17.7 Å². The molecule has 0 radical (unpaired) electrons. The second kappa shape index (κ2) is 9.55. The second-order valence-electron chi connectivity index (χ2n) is 5.83. The van der Waals surface area contributed by atoms with Gasteiger partial charge in [-0.3, -0.25) is 10.6 Å². The van der Waals surface area contributed by atoms with Crippen LogP contribution >= 0.6 is 0 Å². The monoisotopic (exact) mass is 360 g/mol. The lowest BCUT2D eigenvalue weighted by atomic mass is 10.2. The van der Waals surface area contributed by atoms with Crippen molar-refractivity contribution in [3.8, 4) is 0 Å². The molecule has 0 aromatic carbocycles. The number of rotatable bonds is 7. The predicted molar refractivity (Wildman–Crippen MR) is 99.3 cm³/mol. The zero-order chi connectivity index (χ0) is 18.9. The lowest BCUT2D eigenvalue weighted by Gasteiger charge is -2.12. The van der Waals surface area contributed by atoms with E-state index in [-0.39, 0.29) is 6.10 Å². The summed E-state index contributed by atoms with van der Waals surface area (Å²) < 4.78 is 10.2. The number of ether oxygens (including phenoxy) is 2. The van der Waals surface area contributed by atoms with Crippen molar-refractivity contribution < 1.29 is 19.1 Å². The summed E-state index contributed by atoms with van der Waals surface area (Å²) in [5, 5.41) is 5.91. The second-order valence-corrected chi connectivity index (χ2v) is 5.83. The van der Waals surface area contributed by atoms with E-state index < -0.39 is 12.2 Å². The first-order valence-corrected chi connectivity index (χ1v) is 8.71. The van der Waals surface area contributed by atoms with Crippen molar-refractivity contribution in [2.75, 3.05) is 17.2 Å². The molecule has 0 saturated heterocycles. The summed E-state index contributed by atoms with van der Waals surface area (Å²) in [7, 11) is 0. The highest BCUT2D eigenvalue weighted by molar-refractivity contribution is 5.88. The van der Waals surface area contributed by atoms with Gasteiger partial charge < -0.3 is 9.47 Å². The summed E-state index contributed by atoms with van der Waals surface area (Å²) in [5.41, 5.74) is 0.387. The first-order chi connectivity index (χ1) is 12.5. The van der Waals surface area contributed by atoms with Crippen LogP contribution in [0.2, 0.25) is 0 Å². The predicted octanol–water partition coefficient (Wildman–Crippen LogP) is 4.33. The average molecular weight is 360 g/mol. The Bertz CT molecular complexity index is 766. The number of hydrogen-bond donors (Lipinski definition) is 2. The average Bonchev–Trinajstić information content (AvgIpc) is 2.59. The molecular formula is C18H24N4O4. The maximum Gasteiger partial charge on any atom is 0.413 e. The molecule has 0 aliphatic heterocycles. The minimum atomic E-state index is -0.568. The Balaban J connectivity index is 2.06. The van der Waals surface area contributed by atoms with Gasteiger partial charge in [-0.05, 0) is 44.0 Å². The van der Waals surface area contributed by atoms with Crippen molar-refractivity contribution in [1.29, 1.82) is 0 Å². The van der Waals surface area contributed by atoms with Gasteiger partial charge in [-0.15, -0.1) is 0 Å². The molecule has 2 N–H and O–H groups in total. The quantitative estimate of drug-likeness (QED) is 0.762. The standard InChI is InChI=1S/C18H24N4O4/c1-4-6-12(3)26-18(24)22-15-10-8-13-7-9-14(19-16(13)20-15)21-17(23)25-11-5-2/h7-10,12H,4-6,11H2,1-3H3,(H2,19,20,21,22,23,24). The fraction of sp³-hybridized carbons (Fsp3) is 0.444. The normalized spacial score (nSPS) is 11.7. The van der Waals surface area contributed by atoms with Crippen LogP contribution in [0.5, 0.6) is 0 Å². The van der Waals surface area contributed by atoms with E-state index in [0.29, 0.717) is 23.9 Å². The Labute approximate surface area is 152 Å². The highest BCUT2D eigenvalue weighted by Crippen LogP contribution is 2.17. The number of pyridine rings is 2. The molecule has 2 rings (SSSR count). The molecule has 0 bridgehead atoms. The first kappa shape index (κ1) is 19.4. The van der Waals surface area contributed by atoms with Crippen molar-refractivity contribution >= 4 is 34.9 Å². The van der Waals surface area contributed by atoms with Gasteiger partial charge in [-0.1, -0.05) is 20.3 Å². The molecule has 1 unspecified atom stereocenters. The number of hydrogen-bond acceptors (Lipinski definition) is 6. The Hall–Kier alpha value is -2.90. The van der Waals surface area contributed by atoms with E-state index in [1.807, 2.05) is 20.8 Å². The first-order valence-electron chi connectivity index (χ1n) is 8.71. The zero-order valence-corrected chi connectivity index (χ0v) is 15.2. The molecule has 8 heteroatoms. The fourth-order valence-electron chi connectivity index (χ4n) is 2.26. The third-order valence-electron chi connectivity index (χ3n) is 3.45. The van der Waals surface area contributed by atoms with Gasteiger partial charge in [-0.2, -0.15) is 0 Å². The Morgan fingerprint density at radius 3 is 2.19 bits per heavy atom. The molecule has 2 amide bonds. The molecule has 26 heavy (non-hydrogen) atoms. The zero-order valence-electron chi connectivity index (χ0n) is 15.2. The van der Waals surface area contributed by atoms with Crippen LogP contribution in [0, 0.1) is 0 Å². The minimum absolute atomic E-state index is 0.163. The number of carbonyl (C=O) groups excluding carboxylic acids is 2. The van der Waals surface area contributed by atoms with Crippen molar-refractivity contribution in [2.45, 2.75) is 46.1 Å². The molecule has 0 aliphatic carbocycles. The molecule has 2 heterocycles. The van der Waals surface area contributed by atoms with Gasteiger partial charge in [0.25, 0.3) is 0 Å². The van der Waals surface area contributed by atoms with Gasteiger partial charge >= 0.3 is 12.2 Å². The molecule has 2 aromatic heterocycles. The number of nitrogens with one attached hydrogen (secondary N) is 2. The molecule has 0 aliphatic rings. The summed E-state index contributed by atoms with van der Waals surface area (Å²) in [4.78, 5) is 32.0. The number of aromatic nitrogens is 2. The van der Waals surface area contributed by atoms with Gasteiger partial charge in [0.2, 0.25) is 0 Å². The van der Waals surface area contributed by atoms with Gasteiger partial charge in [0.15, 0.2) is 5.65 Å². The highest BCUT2D eigenvalue weighted by Gasteiger charge is 2.11. The maximum atomic E-state index is 11.9. The number of amides is 2. The summed E-state index contributed by atoms with van der Waals surface area (Å²) in [6.45, 7) is 6.12. The Morgan fingerprint density at radius 1 is 1.00 bits per heavy atom. The number of nitrogens with zero attached hydrogens (tertiary/aromatic N) is 2. The van der Waals surface area contributed by atoms with E-state index in [4.69, 9.17) is 9.47 Å². The Morgan fingerprint density at radius 2 is 1.62 bits per heavy atom. The van der Waals surface area contributed by atoms with Crippen LogP contribution in [0.15, 0.2) is 24.3 Å². The summed E-state index contributed by atoms with van der Waals surface area (Å²) in [6.07, 6.45) is 1.18. The lowest BCUT2D eigenvalue weighted by Crippen LogP contribution is -2.20. The van der Waals surface area contributed by atoms with Crippen LogP contribution in [0.3, 0.4) is 0 Å². The topological polar surface area (TPSA) is 102 Å². The van der Waals surface area contributed by atoms with Gasteiger partial charge in [-0.25, -0.2) is 19.6 Å². The molecule has 0 fully saturated rings. The molecule has 0 saturated carbocycles. The van der Waals surface area contributed by atoms with E-state index in [9.17, 15) is 9.59 Å². The molecular weight excluding hydrogens is 336 g/mol. The Kier molecular flexibility index (Phi) is 7.13.